The van der Waals surface area contributed by atoms with E-state index in [0.717, 1.165) is 31.7 Å². The fourth-order valence-corrected chi connectivity index (χ4v) is 5.18. The normalized spacial score (nSPS) is 19.3. The molecular weight excluding hydrogens is 515 g/mol. The van der Waals surface area contributed by atoms with Gasteiger partial charge in [-0.15, -0.1) is 15.3 Å². The molecule has 1 N–H and O–H groups in total. The van der Waals surface area contributed by atoms with Gasteiger partial charge in [0.25, 0.3) is 5.82 Å². The Hall–Kier alpha value is -3.45. The molecule has 1 atom stereocenters. The minimum Gasteiger partial charge on any atom is -0.492 e. The minimum absolute atomic E-state index is 0.0202. The molecule has 0 radical (unpaired) electrons. The number of rotatable bonds is 6. The zero-order valence-corrected chi connectivity index (χ0v) is 21.9. The number of halogens is 3. The number of anilines is 1. The molecule has 210 valence electrons. The van der Waals surface area contributed by atoms with Crippen LogP contribution < -0.4 is 9.64 Å². The van der Waals surface area contributed by atoms with E-state index in [1.54, 1.807) is 13.0 Å². The molecule has 13 heteroatoms. The third kappa shape index (κ3) is 5.78. The quantitative estimate of drug-likeness (QED) is 0.503. The first-order valence-electron chi connectivity index (χ1n) is 13.0. The number of nitrogens with zero attached hydrogens (tertiary/aromatic N) is 7. The van der Waals surface area contributed by atoms with E-state index in [4.69, 9.17) is 4.74 Å². The van der Waals surface area contributed by atoms with Crippen LogP contribution in [0.5, 0.6) is 5.75 Å². The molecule has 2 saturated heterocycles. The van der Waals surface area contributed by atoms with Crippen LogP contribution in [0.3, 0.4) is 0 Å². The molecule has 2 aromatic heterocycles. The third-order valence-electron chi connectivity index (χ3n) is 7.68. The highest BCUT2D eigenvalue weighted by Crippen LogP contribution is 2.35. The number of aliphatic hydroxyl groups is 1. The Bertz CT molecular complexity index is 1300. The standard InChI is InChI=1S/C26H32F3N7O3/c1-18(33-13-15-34(16-14-33)19(2)37)17-39-21-5-3-20(4-6-21)25(38)9-11-35(12-10-25)23-8-7-22-30-31-24(26(27,28)29)36(22)32-23/h3-8,18,38H,9-17H2,1-2H3/t18-/m0/s1. The number of ether oxygens (including phenoxy) is 1. The molecule has 2 aliphatic rings. The Labute approximate surface area is 224 Å². The van der Waals surface area contributed by atoms with E-state index in [0.29, 0.717) is 48.6 Å². The van der Waals surface area contributed by atoms with Gasteiger partial charge in [-0.05, 0) is 49.6 Å². The summed E-state index contributed by atoms with van der Waals surface area (Å²) < 4.78 is 46.4. The molecule has 0 saturated carbocycles. The molecule has 4 heterocycles. The first kappa shape index (κ1) is 27.1. The molecule has 0 bridgehead atoms. The van der Waals surface area contributed by atoms with Crippen LogP contribution in [0.4, 0.5) is 19.0 Å². The van der Waals surface area contributed by atoms with Crippen molar-refractivity contribution in [1.29, 1.82) is 0 Å². The lowest BCUT2D eigenvalue weighted by Gasteiger charge is -2.39. The van der Waals surface area contributed by atoms with Gasteiger partial charge in [0, 0.05) is 52.2 Å². The Kier molecular flexibility index (Phi) is 7.38. The van der Waals surface area contributed by atoms with Gasteiger partial charge in [0.2, 0.25) is 5.91 Å². The maximum absolute atomic E-state index is 13.2. The van der Waals surface area contributed by atoms with Gasteiger partial charge in [0.05, 0.1) is 5.60 Å². The molecule has 0 spiro atoms. The maximum Gasteiger partial charge on any atom is 0.453 e. The highest BCUT2D eigenvalue weighted by Gasteiger charge is 2.38. The number of hydrogen-bond donors (Lipinski definition) is 1. The molecular formula is C26H32F3N7O3. The van der Waals surface area contributed by atoms with Crippen molar-refractivity contribution in [2.45, 2.75) is 44.5 Å². The van der Waals surface area contributed by atoms with E-state index in [-0.39, 0.29) is 17.6 Å². The number of fused-ring (bicyclic) bond motifs is 1. The lowest BCUT2D eigenvalue weighted by molar-refractivity contribution is -0.146. The second-order valence-electron chi connectivity index (χ2n) is 10.2. The molecule has 39 heavy (non-hydrogen) atoms. The molecule has 0 aliphatic carbocycles. The molecule has 1 amide bonds. The summed E-state index contributed by atoms with van der Waals surface area (Å²) in [5, 5.41) is 22.2. The Morgan fingerprint density at radius 2 is 1.69 bits per heavy atom. The zero-order valence-electron chi connectivity index (χ0n) is 21.9. The average molecular weight is 548 g/mol. The van der Waals surface area contributed by atoms with Gasteiger partial charge in [0.15, 0.2) is 5.65 Å². The SMILES string of the molecule is CC(=O)N1CCN([C@@H](C)COc2ccc(C3(O)CCN(c4ccc5nnc(C(F)(F)F)n5n4)CC3)cc2)CC1. The number of piperazine rings is 1. The number of benzene rings is 1. The van der Waals surface area contributed by atoms with Gasteiger partial charge in [-0.1, -0.05) is 12.1 Å². The van der Waals surface area contributed by atoms with E-state index >= 15 is 0 Å². The highest BCUT2D eigenvalue weighted by atomic mass is 19.4. The number of hydrogen-bond acceptors (Lipinski definition) is 8. The summed E-state index contributed by atoms with van der Waals surface area (Å²) in [6.07, 6.45) is -3.87. The van der Waals surface area contributed by atoms with Crippen molar-refractivity contribution in [1.82, 2.24) is 29.6 Å². The number of piperidine rings is 1. The van der Waals surface area contributed by atoms with E-state index in [9.17, 15) is 23.1 Å². The van der Waals surface area contributed by atoms with Gasteiger partial charge in [-0.3, -0.25) is 9.69 Å². The minimum atomic E-state index is -4.66. The van der Waals surface area contributed by atoms with Crippen molar-refractivity contribution in [3.05, 3.63) is 47.8 Å². The van der Waals surface area contributed by atoms with Crippen LogP contribution in [-0.2, 0) is 16.6 Å². The summed E-state index contributed by atoms with van der Waals surface area (Å²) in [6.45, 7) is 8.15. The van der Waals surface area contributed by atoms with E-state index in [1.807, 2.05) is 34.1 Å². The van der Waals surface area contributed by atoms with Crippen LogP contribution in [0.25, 0.3) is 5.65 Å². The van der Waals surface area contributed by atoms with Crippen molar-refractivity contribution in [3.8, 4) is 5.75 Å². The molecule has 10 nitrogen and oxygen atoms in total. The van der Waals surface area contributed by atoms with Crippen molar-refractivity contribution in [3.63, 3.8) is 0 Å². The van der Waals surface area contributed by atoms with Gasteiger partial charge in [-0.25, -0.2) is 0 Å². The van der Waals surface area contributed by atoms with Crippen LogP contribution in [0.15, 0.2) is 36.4 Å². The Morgan fingerprint density at radius 1 is 1.03 bits per heavy atom. The van der Waals surface area contributed by atoms with E-state index in [1.165, 1.54) is 6.07 Å². The monoisotopic (exact) mass is 547 g/mol. The van der Waals surface area contributed by atoms with Crippen LogP contribution in [0.2, 0.25) is 0 Å². The largest absolute Gasteiger partial charge is 0.492 e. The van der Waals surface area contributed by atoms with Crippen molar-refractivity contribution >= 4 is 17.4 Å². The molecule has 2 fully saturated rings. The maximum atomic E-state index is 13.2. The summed E-state index contributed by atoms with van der Waals surface area (Å²) >= 11 is 0. The van der Waals surface area contributed by atoms with Crippen LogP contribution in [0.1, 0.15) is 38.1 Å². The van der Waals surface area contributed by atoms with Gasteiger partial charge in [-0.2, -0.15) is 17.7 Å². The molecule has 2 aliphatic heterocycles. The fraction of sp³-hybridized carbons (Fsp3) is 0.538. The Balaban J connectivity index is 1.16. The summed E-state index contributed by atoms with van der Waals surface area (Å²) in [4.78, 5) is 17.5. The molecule has 3 aromatic rings. The van der Waals surface area contributed by atoms with E-state index in [2.05, 4.69) is 27.1 Å². The first-order valence-corrected chi connectivity index (χ1v) is 13.0. The van der Waals surface area contributed by atoms with Crippen LogP contribution in [-0.4, -0.2) is 92.5 Å². The number of alkyl halides is 3. The third-order valence-corrected chi connectivity index (χ3v) is 7.68. The summed E-state index contributed by atoms with van der Waals surface area (Å²) in [5.41, 5.74) is -0.271. The van der Waals surface area contributed by atoms with Crippen LogP contribution in [0, 0.1) is 0 Å². The molecule has 0 unspecified atom stereocenters. The first-order chi connectivity index (χ1) is 18.5. The number of carbonyl (C=O) groups is 1. The second-order valence-corrected chi connectivity index (χ2v) is 10.2. The highest BCUT2D eigenvalue weighted by molar-refractivity contribution is 5.73. The lowest BCUT2D eigenvalue weighted by Crippen LogP contribution is -2.52. The summed E-state index contributed by atoms with van der Waals surface area (Å²) in [7, 11) is 0. The van der Waals surface area contributed by atoms with Gasteiger partial charge >= 0.3 is 6.18 Å². The van der Waals surface area contributed by atoms with E-state index < -0.39 is 17.6 Å². The smallest absolute Gasteiger partial charge is 0.453 e. The van der Waals surface area contributed by atoms with Gasteiger partial charge in [0.1, 0.15) is 18.2 Å². The lowest BCUT2D eigenvalue weighted by atomic mass is 9.84. The van der Waals surface area contributed by atoms with Crippen molar-refractivity contribution in [2.75, 3.05) is 50.8 Å². The van der Waals surface area contributed by atoms with Gasteiger partial charge < -0.3 is 19.6 Å². The van der Waals surface area contributed by atoms with Crippen molar-refractivity contribution in [2.24, 2.45) is 0 Å². The Morgan fingerprint density at radius 3 is 2.31 bits per heavy atom. The second kappa shape index (κ2) is 10.6. The predicted octanol–water partition coefficient (Wildman–Crippen LogP) is 2.56. The van der Waals surface area contributed by atoms with Crippen molar-refractivity contribution < 1.29 is 27.8 Å². The number of aromatic nitrogens is 4. The molecule has 5 rings (SSSR count). The summed E-state index contributed by atoms with van der Waals surface area (Å²) in [6, 6.07) is 10.7. The summed E-state index contributed by atoms with van der Waals surface area (Å²) in [5.74, 6) is 0.0205. The van der Waals surface area contributed by atoms with Crippen LogP contribution >= 0.6 is 0 Å². The predicted molar refractivity (Wildman–Crippen MR) is 136 cm³/mol. The number of carbonyl (C=O) groups excluding carboxylic acids is 1. The molecule has 1 aromatic carbocycles. The number of amides is 1. The topological polar surface area (TPSA) is 99.3 Å². The fourth-order valence-electron chi connectivity index (χ4n) is 5.18. The average Bonchev–Trinajstić information content (AvgIpc) is 3.37. The zero-order chi connectivity index (χ0) is 27.8.